The van der Waals surface area contributed by atoms with E-state index in [2.05, 4.69) is 29.5 Å². The topological polar surface area (TPSA) is 0 Å². The molecule has 0 heterocycles. The molecule has 0 rings (SSSR count). The Bertz CT molecular complexity index is 44.0. The largest absolute Gasteiger partial charge is 0.0637 e. The van der Waals surface area contributed by atoms with E-state index in [0.717, 1.165) is 6.91 Å². The smallest absolute Gasteiger partial charge is 0.0323 e. The van der Waals surface area contributed by atoms with Crippen molar-refractivity contribution in [2.75, 3.05) is 0 Å². The predicted octanol–water partition coefficient (Wildman–Crippen LogP) is 2.02. The molecule has 0 saturated heterocycles. The highest BCUT2D eigenvalue weighted by molar-refractivity contribution is 9.36. The zero-order valence-electron chi connectivity index (χ0n) is 1.83. The van der Waals surface area contributed by atoms with Gasteiger partial charge in [-0.25, -0.2) is 0 Å². The van der Waals surface area contributed by atoms with E-state index in [1.807, 2.05) is 0 Å². The molecule has 0 atom stereocenters. The molecule has 0 bridgehead atoms. The quantitative estimate of drug-likeness (QED) is 0.469. The van der Waals surface area contributed by atoms with Crippen molar-refractivity contribution >= 4 is 36.4 Å². The molecule has 0 aliphatic rings. The molecule has 0 aliphatic heterocycles. The lowest BCUT2D eigenvalue weighted by atomic mass is 12.0. The highest BCUT2D eigenvalue weighted by Gasteiger charge is 1.30. The lowest BCUT2D eigenvalue weighted by molar-refractivity contribution is 4.56. The molecule has 0 aliphatic carbocycles. The van der Waals surface area contributed by atoms with Crippen LogP contribution in [-0.2, 0) is 0 Å². The number of hydrogen-bond donors (Lipinski definition) is 0. The maximum absolute atomic E-state index is 3.06. The minimum atomic E-state index is 0.975. The maximum atomic E-state index is 3.06. The summed E-state index contributed by atoms with van der Waals surface area (Å²) in [5.41, 5.74) is 0. The molecule has 4 heavy (non-hydrogen) atoms. The second-order valence-corrected chi connectivity index (χ2v) is 2.32. The molecule has 0 N–H and O–H groups in total. The molecular weight excluding hydrogens is 154 g/mol. The van der Waals surface area contributed by atoms with Crippen LogP contribution in [0.5, 0.6) is 0 Å². The van der Waals surface area contributed by atoms with Crippen LogP contribution in [-0.4, -0.2) is 5.17 Å². The molecule has 22 valence electrons. The Kier molecular flexibility index (Phi) is 4.69. The van der Waals surface area contributed by atoms with Crippen LogP contribution in [0.3, 0.4) is 0 Å². The summed E-state index contributed by atoms with van der Waals surface area (Å²) in [4.78, 5) is 0. The van der Waals surface area contributed by atoms with Crippen molar-refractivity contribution in [3.8, 4) is 0 Å². The SMILES string of the molecule is P=C=PBr. The van der Waals surface area contributed by atoms with Gasteiger partial charge in [0.1, 0.15) is 0 Å². The molecule has 0 nitrogen and oxygen atoms in total. The van der Waals surface area contributed by atoms with Gasteiger partial charge in [0.25, 0.3) is 0 Å². The second-order valence-electron chi connectivity index (χ2n) is 0.196. The van der Waals surface area contributed by atoms with Crippen molar-refractivity contribution in [1.82, 2.24) is 0 Å². The van der Waals surface area contributed by atoms with E-state index in [1.165, 1.54) is 0 Å². The Labute approximate surface area is 37.0 Å². The lowest BCUT2D eigenvalue weighted by Crippen LogP contribution is -0.951. The number of halogens is 1. The van der Waals surface area contributed by atoms with Gasteiger partial charge in [0.05, 0.1) is 0 Å². The highest BCUT2D eigenvalue weighted by Crippen LogP contribution is 2.00. The first kappa shape index (κ1) is 4.86. The summed E-state index contributed by atoms with van der Waals surface area (Å²) in [7, 11) is 2.98. The molecule has 0 unspecified atom stereocenters. The second kappa shape index (κ2) is 3.86. The third kappa shape index (κ3) is 2.86. The van der Waals surface area contributed by atoms with E-state index < -0.39 is 0 Å². The van der Waals surface area contributed by atoms with Crippen molar-refractivity contribution in [1.29, 1.82) is 0 Å². The minimum absolute atomic E-state index is 0.975. The van der Waals surface area contributed by atoms with Crippen LogP contribution in [0.1, 0.15) is 0 Å². The molecule has 0 aromatic heterocycles. The first-order valence-corrected chi connectivity index (χ1v) is 4.06. The van der Waals surface area contributed by atoms with E-state index in [0.29, 0.717) is 0 Å². The summed E-state index contributed by atoms with van der Waals surface area (Å²) < 4.78 is 0. The highest BCUT2D eigenvalue weighted by atomic mass is 79.9. The monoisotopic (exact) mass is 154 g/mol. The lowest BCUT2D eigenvalue weighted by Gasteiger charge is -1.32. The fourth-order valence-corrected chi connectivity index (χ4v) is 0. The number of hydrogen-bond acceptors (Lipinski definition) is 0. The van der Waals surface area contributed by atoms with E-state index >= 15 is 0 Å². The Morgan fingerprint density at radius 2 is 2.25 bits per heavy atom. The zero-order chi connectivity index (χ0) is 3.41. The van der Waals surface area contributed by atoms with E-state index in [-0.39, 0.29) is 0 Å². The zero-order valence-corrected chi connectivity index (χ0v) is 5.31. The van der Waals surface area contributed by atoms with Crippen LogP contribution in [0, 0.1) is 0 Å². The van der Waals surface area contributed by atoms with Gasteiger partial charge >= 0.3 is 0 Å². The number of rotatable bonds is 0. The van der Waals surface area contributed by atoms with Gasteiger partial charge in [0.2, 0.25) is 0 Å². The molecule has 0 radical (unpaired) electrons. The standard InChI is InChI=1S/CHBrP2/c2-4-1-3/h3H. The molecule has 0 aromatic carbocycles. The summed E-state index contributed by atoms with van der Waals surface area (Å²) in [6, 6.07) is 0. The molecule has 0 fully saturated rings. The van der Waals surface area contributed by atoms with Gasteiger partial charge in [-0.1, -0.05) is 14.0 Å². The molecule has 3 heteroatoms. The fourth-order valence-electron chi connectivity index (χ4n) is 0. The van der Waals surface area contributed by atoms with Gasteiger partial charge in [0, 0.05) is 6.91 Å². The van der Waals surface area contributed by atoms with Gasteiger partial charge in [-0.15, -0.1) is 0 Å². The summed E-state index contributed by atoms with van der Waals surface area (Å²) in [5, 5.41) is 2.62. The third-order valence-electron chi connectivity index (χ3n) is 0.0423. The van der Waals surface area contributed by atoms with Crippen LogP contribution in [0.2, 0.25) is 0 Å². The molecule has 0 amide bonds. The fraction of sp³-hybridized carbons (Fsp3) is 0. The van der Waals surface area contributed by atoms with Crippen molar-refractivity contribution < 1.29 is 0 Å². The average molecular weight is 155 g/mol. The first-order valence-electron chi connectivity index (χ1n) is 0.643. The van der Waals surface area contributed by atoms with Gasteiger partial charge < -0.3 is 0 Å². The van der Waals surface area contributed by atoms with Crippen molar-refractivity contribution in [3.63, 3.8) is 0 Å². The van der Waals surface area contributed by atoms with Crippen LogP contribution in [0.4, 0.5) is 0 Å². The van der Waals surface area contributed by atoms with Gasteiger partial charge in [-0.2, -0.15) is 0 Å². The summed E-state index contributed by atoms with van der Waals surface area (Å²) in [6.45, 7) is 0.975. The van der Waals surface area contributed by atoms with Gasteiger partial charge in [-0.3, -0.25) is 0 Å². The van der Waals surface area contributed by atoms with Crippen LogP contribution in [0.25, 0.3) is 0 Å². The van der Waals surface area contributed by atoms with Crippen molar-refractivity contribution in [2.45, 2.75) is 0 Å². The van der Waals surface area contributed by atoms with E-state index in [4.69, 9.17) is 0 Å². The Balaban J connectivity index is 3.11. The maximum Gasteiger partial charge on any atom is 0.0323 e. The first-order chi connectivity index (χ1) is 1.91. The Morgan fingerprint density at radius 3 is 2.25 bits per heavy atom. The normalized spacial score (nSPS) is 6.25. The summed E-state index contributed by atoms with van der Waals surface area (Å²) >= 11 is 3.06. The Morgan fingerprint density at radius 1 is 2.00 bits per heavy atom. The average Bonchev–Trinajstić information content (AvgIpc) is 1.37. The summed E-state index contributed by atoms with van der Waals surface area (Å²) in [6.07, 6.45) is 0. The van der Waals surface area contributed by atoms with Gasteiger partial charge in [0.15, 0.2) is 0 Å². The van der Waals surface area contributed by atoms with E-state index in [9.17, 15) is 0 Å². The summed E-state index contributed by atoms with van der Waals surface area (Å²) in [5.74, 6) is 0. The minimum Gasteiger partial charge on any atom is -0.0637 e. The van der Waals surface area contributed by atoms with Crippen LogP contribution in [0.15, 0.2) is 0 Å². The van der Waals surface area contributed by atoms with Crippen LogP contribution < -0.4 is 0 Å². The van der Waals surface area contributed by atoms with E-state index in [1.54, 1.807) is 0 Å². The molecule has 0 aromatic rings. The van der Waals surface area contributed by atoms with Crippen LogP contribution >= 0.6 is 31.3 Å². The third-order valence-corrected chi connectivity index (χ3v) is 1.98. The van der Waals surface area contributed by atoms with Crippen molar-refractivity contribution in [2.24, 2.45) is 0 Å². The van der Waals surface area contributed by atoms with Crippen molar-refractivity contribution in [3.05, 3.63) is 0 Å². The Hall–Kier alpha value is 0.860. The molecule has 0 saturated carbocycles. The molecule has 0 spiro atoms. The van der Waals surface area contributed by atoms with Gasteiger partial charge in [-0.05, 0) is 15.5 Å². The molecular formula is CHBrP2. The predicted molar refractivity (Wildman–Crippen MR) is 29.2 cm³/mol.